The van der Waals surface area contributed by atoms with Crippen LogP contribution in [0.5, 0.6) is 5.75 Å². The van der Waals surface area contributed by atoms with Crippen LogP contribution in [-0.4, -0.2) is 20.7 Å². The van der Waals surface area contributed by atoms with Crippen LogP contribution in [0.4, 0.5) is 0 Å². The lowest BCUT2D eigenvalue weighted by Gasteiger charge is -2.27. The molecule has 2 N–H and O–H groups in total. The molecular formula is C12H8Cl6O2S. The first kappa shape index (κ1) is 19.6. The molecule has 2 nitrogen and oxygen atoms in total. The lowest BCUT2D eigenvalue weighted by molar-refractivity contribution is 0.277. The van der Waals surface area contributed by atoms with E-state index >= 15 is 0 Å². The van der Waals surface area contributed by atoms with Gasteiger partial charge in [-0.3, -0.25) is 0 Å². The number of halogens is 6. The number of rotatable bonds is 1. The Bertz CT molecular complexity index is 615. The first-order chi connectivity index (χ1) is 9.16. The van der Waals surface area contributed by atoms with Gasteiger partial charge in [0.05, 0.1) is 26.2 Å². The summed E-state index contributed by atoms with van der Waals surface area (Å²) in [5.74, 6) is -0.368. The fourth-order valence-corrected chi connectivity index (χ4v) is 3.11. The van der Waals surface area contributed by atoms with E-state index in [9.17, 15) is 10.2 Å². The van der Waals surface area contributed by atoms with Gasteiger partial charge in [-0.15, -0.1) is 0 Å². The molecule has 1 atom stereocenters. The van der Waals surface area contributed by atoms with Crippen LogP contribution in [0.2, 0.25) is 15.1 Å². The van der Waals surface area contributed by atoms with Crippen molar-refractivity contribution < 1.29 is 10.2 Å². The summed E-state index contributed by atoms with van der Waals surface area (Å²) in [4.78, 5) is 0. The van der Waals surface area contributed by atoms with E-state index in [0.717, 1.165) is 0 Å². The van der Waals surface area contributed by atoms with Gasteiger partial charge in [-0.05, 0) is 12.1 Å². The Kier molecular flexibility index (Phi) is 6.51. The smallest absolute Gasteiger partial charge is 0.172 e. The summed E-state index contributed by atoms with van der Waals surface area (Å²) in [6.07, 6.45) is 1.49. The topological polar surface area (TPSA) is 40.5 Å². The minimum Gasteiger partial charge on any atom is -0.506 e. The van der Waals surface area contributed by atoms with Crippen LogP contribution in [0, 0.1) is 0 Å². The monoisotopic (exact) mass is 426 g/mol. The second-order valence-corrected chi connectivity index (χ2v) is 6.99. The molecule has 1 unspecified atom stereocenters. The van der Waals surface area contributed by atoms with Crippen molar-refractivity contribution in [3.63, 3.8) is 0 Å². The number of hydrogen-bond acceptors (Lipinski definition) is 2. The predicted octanol–water partition coefficient (Wildman–Crippen LogP) is 5.52. The van der Waals surface area contributed by atoms with Crippen molar-refractivity contribution in [1.82, 2.24) is 0 Å². The van der Waals surface area contributed by atoms with Crippen LogP contribution in [0.15, 0.2) is 23.3 Å². The fourth-order valence-electron chi connectivity index (χ4n) is 1.78. The second kappa shape index (κ2) is 6.98. The summed E-state index contributed by atoms with van der Waals surface area (Å²) in [6, 6.07) is 1.28. The van der Waals surface area contributed by atoms with Gasteiger partial charge >= 0.3 is 0 Å². The zero-order chi connectivity index (χ0) is 15.2. The number of aliphatic hydroxyl groups is 1. The zero-order valence-corrected chi connectivity index (χ0v) is 15.5. The van der Waals surface area contributed by atoms with Gasteiger partial charge in [-0.2, -0.15) is 13.5 Å². The molecule has 0 amide bonds. The molecule has 1 aromatic rings. The minimum atomic E-state index is -1.54. The molecule has 0 aliphatic heterocycles. The number of alkyl halides is 2. The SMILES string of the molecule is Oc1c(Cl)cc(Cl)c(Cl)c1C1=C(Cl)C(Cl)(Cl)C=CC1O.S. The van der Waals surface area contributed by atoms with E-state index in [4.69, 9.17) is 69.6 Å². The lowest BCUT2D eigenvalue weighted by Crippen LogP contribution is -2.22. The molecule has 0 heterocycles. The largest absolute Gasteiger partial charge is 0.506 e. The molecular weight excluding hydrogens is 421 g/mol. The summed E-state index contributed by atoms with van der Waals surface area (Å²) in [5.41, 5.74) is 0.0442. The van der Waals surface area contributed by atoms with Gasteiger partial charge in [0, 0.05) is 11.1 Å². The number of hydrogen-bond donors (Lipinski definition) is 2. The molecule has 0 radical (unpaired) electrons. The molecule has 0 bridgehead atoms. The first-order valence-corrected chi connectivity index (χ1v) is 7.45. The standard InChI is InChI=1S/C12H6Cl6O2.H2S/c13-4-3-5(14)10(20)8(9(4)15)7-6(19)1-2-12(17,18)11(7)16;/h1-3,6,19-20H;1H2. The molecule has 1 aliphatic rings. The molecule has 1 aliphatic carbocycles. The van der Waals surface area contributed by atoms with Crippen molar-refractivity contribution in [1.29, 1.82) is 0 Å². The third-order valence-corrected chi connectivity index (χ3v) is 5.13. The van der Waals surface area contributed by atoms with Gasteiger partial charge in [-0.1, -0.05) is 75.7 Å². The van der Waals surface area contributed by atoms with E-state index in [0.29, 0.717) is 0 Å². The molecule has 21 heavy (non-hydrogen) atoms. The number of allylic oxidation sites excluding steroid dienone is 2. The number of benzene rings is 1. The third kappa shape index (κ3) is 3.56. The van der Waals surface area contributed by atoms with Crippen molar-refractivity contribution in [3.05, 3.63) is 43.9 Å². The number of aliphatic hydroxyl groups excluding tert-OH is 1. The Morgan fingerprint density at radius 3 is 2.19 bits per heavy atom. The Morgan fingerprint density at radius 2 is 1.62 bits per heavy atom. The van der Waals surface area contributed by atoms with E-state index in [-0.39, 0.29) is 50.5 Å². The van der Waals surface area contributed by atoms with Gasteiger partial charge < -0.3 is 10.2 Å². The zero-order valence-electron chi connectivity index (χ0n) is 9.97. The molecule has 2 rings (SSSR count). The van der Waals surface area contributed by atoms with Crippen molar-refractivity contribution >= 4 is 88.7 Å². The van der Waals surface area contributed by atoms with Crippen LogP contribution in [0.1, 0.15) is 5.56 Å². The second-order valence-electron chi connectivity index (χ2n) is 4.03. The summed E-state index contributed by atoms with van der Waals surface area (Å²) >= 11 is 35.9. The van der Waals surface area contributed by atoms with E-state index in [1.807, 2.05) is 0 Å². The Labute approximate surface area is 158 Å². The fraction of sp³-hybridized carbons (Fsp3) is 0.167. The van der Waals surface area contributed by atoms with Crippen molar-refractivity contribution in [2.45, 2.75) is 10.4 Å². The average molecular weight is 429 g/mol. The van der Waals surface area contributed by atoms with Gasteiger partial charge in [-0.25, -0.2) is 0 Å². The number of phenolic OH excluding ortho intramolecular Hbond substituents is 1. The Balaban J connectivity index is 0.00000220. The predicted molar refractivity (Wildman–Crippen MR) is 95.9 cm³/mol. The van der Waals surface area contributed by atoms with Crippen molar-refractivity contribution in [3.8, 4) is 5.75 Å². The van der Waals surface area contributed by atoms with E-state index < -0.39 is 10.4 Å². The van der Waals surface area contributed by atoms with Gasteiger partial charge in [0.2, 0.25) is 0 Å². The lowest BCUT2D eigenvalue weighted by atomic mass is 9.94. The van der Waals surface area contributed by atoms with Gasteiger partial charge in [0.15, 0.2) is 4.33 Å². The Morgan fingerprint density at radius 1 is 1.05 bits per heavy atom. The molecule has 116 valence electrons. The molecule has 1 aromatic carbocycles. The highest BCUT2D eigenvalue weighted by atomic mass is 35.5. The molecule has 0 spiro atoms. The quantitative estimate of drug-likeness (QED) is 0.351. The minimum absolute atomic E-state index is 0. The van der Waals surface area contributed by atoms with Crippen LogP contribution < -0.4 is 0 Å². The maximum Gasteiger partial charge on any atom is 0.172 e. The highest BCUT2D eigenvalue weighted by Crippen LogP contribution is 2.50. The normalized spacial score (nSPS) is 20.4. The van der Waals surface area contributed by atoms with Crippen molar-refractivity contribution in [2.75, 3.05) is 0 Å². The molecule has 0 fully saturated rings. The summed E-state index contributed by atoms with van der Waals surface area (Å²) in [6.45, 7) is 0. The maximum atomic E-state index is 10.1. The van der Waals surface area contributed by atoms with Crippen molar-refractivity contribution in [2.24, 2.45) is 0 Å². The Hall–Kier alpha value is 0.550. The van der Waals surface area contributed by atoms with E-state index in [1.165, 1.54) is 18.2 Å². The summed E-state index contributed by atoms with van der Waals surface area (Å²) in [5, 5.41) is 20.1. The summed E-state index contributed by atoms with van der Waals surface area (Å²) < 4.78 is -1.54. The van der Waals surface area contributed by atoms with Gasteiger partial charge in [0.1, 0.15) is 5.75 Å². The van der Waals surface area contributed by atoms with E-state index in [2.05, 4.69) is 0 Å². The molecule has 0 saturated carbocycles. The van der Waals surface area contributed by atoms with Crippen LogP contribution in [0.3, 0.4) is 0 Å². The van der Waals surface area contributed by atoms with Crippen LogP contribution in [-0.2, 0) is 0 Å². The van der Waals surface area contributed by atoms with E-state index in [1.54, 1.807) is 0 Å². The first-order valence-electron chi connectivity index (χ1n) is 5.19. The average Bonchev–Trinajstić information content (AvgIpc) is 2.36. The molecule has 9 heteroatoms. The number of phenols is 1. The highest BCUT2D eigenvalue weighted by molar-refractivity contribution is 7.59. The highest BCUT2D eigenvalue weighted by Gasteiger charge is 2.36. The van der Waals surface area contributed by atoms with Crippen LogP contribution >= 0.6 is 83.1 Å². The van der Waals surface area contributed by atoms with Crippen LogP contribution in [0.25, 0.3) is 5.57 Å². The van der Waals surface area contributed by atoms with Gasteiger partial charge in [0.25, 0.3) is 0 Å². The maximum absolute atomic E-state index is 10.1. The third-order valence-electron chi connectivity index (χ3n) is 2.73. The molecule has 0 saturated heterocycles. The number of aromatic hydroxyl groups is 1. The summed E-state index contributed by atoms with van der Waals surface area (Å²) in [7, 11) is 0. The molecule has 0 aromatic heterocycles.